The first-order valence-corrected chi connectivity index (χ1v) is 10.2. The van der Waals surface area contributed by atoms with E-state index in [-0.39, 0.29) is 29.9 Å². The van der Waals surface area contributed by atoms with Gasteiger partial charge in [0, 0.05) is 35.0 Å². The number of fused-ring (bicyclic) bond motifs is 1. The molecule has 4 aliphatic carbocycles. The third kappa shape index (κ3) is 3.07. The number of pyridine rings is 1. The SMILES string of the molecule is CC(C)n1nc(-c2cnc(N)c(OC(F)(F)F)c2)cc1[C@]12C3C(NCC(F)F)C[C@@H]1[C@H]32. The van der Waals surface area contributed by atoms with E-state index in [1.165, 1.54) is 12.3 Å². The van der Waals surface area contributed by atoms with Crippen molar-refractivity contribution in [3.8, 4) is 17.0 Å². The number of hydrogen-bond acceptors (Lipinski definition) is 5. The highest BCUT2D eigenvalue weighted by molar-refractivity contribution is 5.66. The number of nitrogens with zero attached hydrogens (tertiary/aromatic N) is 3. The number of alkyl halides is 5. The molecule has 2 unspecified atom stereocenters. The second-order valence-electron chi connectivity index (χ2n) is 8.84. The highest BCUT2D eigenvalue weighted by Crippen LogP contribution is 2.90. The molecule has 2 aromatic rings. The summed E-state index contributed by atoms with van der Waals surface area (Å²) in [4.78, 5) is 3.83. The lowest BCUT2D eigenvalue weighted by molar-refractivity contribution is -0.274. The average molecular weight is 443 g/mol. The van der Waals surface area contributed by atoms with Crippen LogP contribution in [0.15, 0.2) is 18.3 Å². The van der Waals surface area contributed by atoms with Crippen LogP contribution < -0.4 is 15.8 Å². The molecule has 168 valence electrons. The van der Waals surface area contributed by atoms with Crippen molar-refractivity contribution in [1.29, 1.82) is 0 Å². The molecule has 0 aromatic carbocycles. The number of nitrogens with two attached hydrogens (primary N) is 1. The van der Waals surface area contributed by atoms with Crippen LogP contribution in [0.1, 0.15) is 32.0 Å². The fourth-order valence-corrected chi connectivity index (χ4v) is 5.74. The minimum Gasteiger partial charge on any atom is -0.402 e. The van der Waals surface area contributed by atoms with Crippen molar-refractivity contribution in [2.45, 2.75) is 50.6 Å². The van der Waals surface area contributed by atoms with Crippen LogP contribution in [-0.2, 0) is 5.41 Å². The molecule has 31 heavy (non-hydrogen) atoms. The molecule has 2 heterocycles. The van der Waals surface area contributed by atoms with Crippen LogP contribution in [0.2, 0.25) is 0 Å². The summed E-state index contributed by atoms with van der Waals surface area (Å²) in [6.07, 6.45) is -5.05. The van der Waals surface area contributed by atoms with Gasteiger partial charge in [0.2, 0.25) is 0 Å². The maximum Gasteiger partial charge on any atom is 0.573 e. The van der Waals surface area contributed by atoms with Crippen LogP contribution in [0.4, 0.5) is 27.8 Å². The van der Waals surface area contributed by atoms with Gasteiger partial charge in [0.05, 0.1) is 12.2 Å². The third-order valence-corrected chi connectivity index (χ3v) is 6.87. The van der Waals surface area contributed by atoms with Crippen LogP contribution in [-0.4, -0.2) is 40.1 Å². The molecule has 2 aromatic heterocycles. The summed E-state index contributed by atoms with van der Waals surface area (Å²) in [5, 5.41) is 7.62. The predicted octanol–water partition coefficient (Wildman–Crippen LogP) is 3.75. The van der Waals surface area contributed by atoms with Crippen LogP contribution in [0.25, 0.3) is 11.3 Å². The monoisotopic (exact) mass is 443 g/mol. The smallest absolute Gasteiger partial charge is 0.402 e. The van der Waals surface area contributed by atoms with E-state index in [1.807, 2.05) is 24.6 Å². The molecule has 4 fully saturated rings. The Bertz CT molecular complexity index is 1020. The molecule has 3 N–H and O–H groups in total. The van der Waals surface area contributed by atoms with Crippen LogP contribution >= 0.6 is 0 Å². The predicted molar refractivity (Wildman–Crippen MR) is 101 cm³/mol. The first-order valence-electron chi connectivity index (χ1n) is 10.2. The summed E-state index contributed by atoms with van der Waals surface area (Å²) in [5.74, 6) is 0.253. The van der Waals surface area contributed by atoms with E-state index in [0.29, 0.717) is 29.0 Å². The van der Waals surface area contributed by atoms with Crippen LogP contribution in [0, 0.1) is 17.8 Å². The molecular formula is C20H22F5N5O. The maximum atomic E-state index is 12.7. The Morgan fingerprint density at radius 1 is 1.29 bits per heavy atom. The van der Waals surface area contributed by atoms with Gasteiger partial charge in [-0.3, -0.25) is 4.68 Å². The number of rotatable bonds is 7. The van der Waals surface area contributed by atoms with Crippen molar-refractivity contribution >= 4 is 5.82 Å². The van der Waals surface area contributed by atoms with Gasteiger partial charge in [0.1, 0.15) is 0 Å². The summed E-state index contributed by atoms with van der Waals surface area (Å²) in [6, 6.07) is 3.16. The topological polar surface area (TPSA) is 78.0 Å². The molecule has 4 saturated carbocycles. The first-order chi connectivity index (χ1) is 14.5. The Balaban J connectivity index is 1.45. The van der Waals surface area contributed by atoms with Crippen molar-refractivity contribution in [1.82, 2.24) is 20.1 Å². The summed E-state index contributed by atoms with van der Waals surface area (Å²) in [5.41, 5.74) is 7.31. The van der Waals surface area contributed by atoms with Gasteiger partial charge in [-0.2, -0.15) is 5.10 Å². The van der Waals surface area contributed by atoms with Crippen molar-refractivity contribution in [3.05, 3.63) is 24.0 Å². The molecule has 0 saturated heterocycles. The van der Waals surface area contributed by atoms with E-state index in [4.69, 9.17) is 5.73 Å². The number of ether oxygens (including phenoxy) is 1. The second kappa shape index (κ2) is 6.54. The molecule has 6 nitrogen and oxygen atoms in total. The minimum atomic E-state index is -4.88. The molecule has 11 heteroatoms. The first kappa shape index (κ1) is 20.5. The van der Waals surface area contributed by atoms with Gasteiger partial charge >= 0.3 is 6.36 Å². The number of nitrogens with one attached hydrogen (secondary N) is 1. The number of halogens is 5. The zero-order chi connectivity index (χ0) is 22.3. The van der Waals surface area contributed by atoms with E-state index in [1.54, 1.807) is 0 Å². The van der Waals surface area contributed by atoms with E-state index in [0.717, 1.165) is 12.1 Å². The molecule has 0 aliphatic heterocycles. The van der Waals surface area contributed by atoms with Crippen molar-refractivity contribution in [3.63, 3.8) is 0 Å². The van der Waals surface area contributed by atoms with Gasteiger partial charge in [-0.25, -0.2) is 13.8 Å². The summed E-state index contributed by atoms with van der Waals surface area (Å²) >= 11 is 0. The average Bonchev–Trinajstić information content (AvgIpc) is 3.24. The van der Waals surface area contributed by atoms with Gasteiger partial charge in [-0.15, -0.1) is 13.2 Å². The normalized spacial score (nSPS) is 30.7. The highest BCUT2D eigenvalue weighted by Gasteiger charge is 2.93. The summed E-state index contributed by atoms with van der Waals surface area (Å²) in [7, 11) is 0. The summed E-state index contributed by atoms with van der Waals surface area (Å²) < 4.78 is 69.1. The Labute approximate surface area is 175 Å². The molecule has 0 radical (unpaired) electrons. The quantitative estimate of drug-likeness (QED) is 0.638. The van der Waals surface area contributed by atoms with Crippen molar-refractivity contribution in [2.24, 2.45) is 17.8 Å². The van der Waals surface area contributed by atoms with Crippen molar-refractivity contribution < 1.29 is 26.7 Å². The Hall–Kier alpha value is -2.43. The van der Waals surface area contributed by atoms with E-state index in [2.05, 4.69) is 20.1 Å². The van der Waals surface area contributed by atoms with Gasteiger partial charge in [0.15, 0.2) is 11.6 Å². The fraction of sp³-hybridized carbons (Fsp3) is 0.600. The zero-order valence-electron chi connectivity index (χ0n) is 16.8. The standard InChI is InChI=1S/C20H22F5N5O/c1-8(2)30-14(19-10-4-12(17(19)16(10)19)27-7-15(21)22)5-11(29-30)9-3-13(18(26)28-6-9)31-20(23,24)25/h3,5-6,8,10,12,15-17,27H,4,7H2,1-2H3,(H2,26,28)/t10-,12?,16-,17?,19-/m1/s1. The Kier molecular flexibility index (Phi) is 4.32. The zero-order valence-corrected chi connectivity index (χ0v) is 16.8. The van der Waals surface area contributed by atoms with Crippen molar-refractivity contribution in [2.75, 3.05) is 12.3 Å². The highest BCUT2D eigenvalue weighted by atomic mass is 19.4. The van der Waals surface area contributed by atoms with Gasteiger partial charge < -0.3 is 15.8 Å². The maximum absolute atomic E-state index is 12.7. The molecule has 6 rings (SSSR count). The second-order valence-corrected chi connectivity index (χ2v) is 8.84. The lowest BCUT2D eigenvalue weighted by Gasteiger charge is -2.16. The van der Waals surface area contributed by atoms with Gasteiger partial charge in [0.25, 0.3) is 6.43 Å². The third-order valence-electron chi connectivity index (χ3n) is 6.87. The number of hydrogen-bond donors (Lipinski definition) is 2. The number of aromatic nitrogens is 3. The molecular weight excluding hydrogens is 421 g/mol. The minimum absolute atomic E-state index is 0.0273. The van der Waals surface area contributed by atoms with E-state index >= 15 is 0 Å². The Morgan fingerprint density at radius 3 is 2.65 bits per heavy atom. The molecule has 5 atom stereocenters. The van der Waals surface area contributed by atoms with Gasteiger partial charge in [-0.1, -0.05) is 0 Å². The number of nitrogen functional groups attached to an aromatic ring is 1. The number of anilines is 1. The van der Waals surface area contributed by atoms with E-state index < -0.39 is 18.5 Å². The molecule has 2 bridgehead atoms. The molecule has 0 amide bonds. The molecule has 0 spiro atoms. The van der Waals surface area contributed by atoms with Crippen LogP contribution in [0.5, 0.6) is 5.75 Å². The lowest BCUT2D eigenvalue weighted by atomic mass is 10.00. The molecule has 4 aliphatic rings. The summed E-state index contributed by atoms with van der Waals surface area (Å²) in [6.45, 7) is 3.64. The van der Waals surface area contributed by atoms with Gasteiger partial charge in [-0.05, 0) is 50.2 Å². The van der Waals surface area contributed by atoms with E-state index in [9.17, 15) is 22.0 Å². The Morgan fingerprint density at radius 2 is 2.03 bits per heavy atom. The fourth-order valence-electron chi connectivity index (χ4n) is 5.74. The van der Waals surface area contributed by atoms with Crippen LogP contribution in [0.3, 0.4) is 0 Å². The largest absolute Gasteiger partial charge is 0.573 e. The lowest BCUT2D eigenvalue weighted by Crippen LogP contribution is -2.33.